The first-order valence-electron chi connectivity index (χ1n) is 7.05. The lowest BCUT2D eigenvalue weighted by Crippen LogP contribution is -2.45. The van der Waals surface area contributed by atoms with Crippen molar-refractivity contribution in [2.24, 2.45) is 0 Å². The van der Waals surface area contributed by atoms with Gasteiger partial charge in [-0.25, -0.2) is 0 Å². The predicted molar refractivity (Wildman–Crippen MR) is 79.9 cm³/mol. The van der Waals surface area contributed by atoms with Crippen molar-refractivity contribution in [2.75, 3.05) is 13.1 Å². The van der Waals surface area contributed by atoms with Crippen LogP contribution < -0.4 is 0 Å². The van der Waals surface area contributed by atoms with Gasteiger partial charge in [-0.15, -0.1) is 10.2 Å². The molecule has 112 valence electrons. The minimum Gasteiger partial charge on any atom is -0.419 e. The summed E-state index contributed by atoms with van der Waals surface area (Å²) >= 11 is 6.13. The molecule has 1 aromatic heterocycles. The highest BCUT2D eigenvalue weighted by molar-refractivity contribution is 6.33. The van der Waals surface area contributed by atoms with E-state index in [1.807, 2.05) is 25.1 Å². The van der Waals surface area contributed by atoms with Crippen LogP contribution in [0.4, 0.5) is 0 Å². The van der Waals surface area contributed by atoms with Crippen molar-refractivity contribution in [1.82, 2.24) is 15.1 Å². The summed E-state index contributed by atoms with van der Waals surface area (Å²) in [5, 5.41) is 18.8. The Labute approximate surface area is 128 Å². The number of benzene rings is 1. The molecule has 1 aliphatic rings. The zero-order valence-corrected chi connectivity index (χ0v) is 12.7. The van der Waals surface area contributed by atoms with E-state index in [-0.39, 0.29) is 0 Å². The van der Waals surface area contributed by atoms with E-state index in [1.165, 1.54) is 0 Å². The van der Waals surface area contributed by atoms with Gasteiger partial charge in [-0.3, -0.25) is 4.90 Å². The monoisotopic (exact) mass is 307 g/mol. The van der Waals surface area contributed by atoms with E-state index in [0.29, 0.717) is 29.9 Å². The molecule has 21 heavy (non-hydrogen) atoms. The van der Waals surface area contributed by atoms with Gasteiger partial charge in [0.05, 0.1) is 22.7 Å². The van der Waals surface area contributed by atoms with Crippen LogP contribution >= 0.6 is 11.6 Å². The molecule has 2 heterocycles. The van der Waals surface area contributed by atoms with Gasteiger partial charge >= 0.3 is 0 Å². The molecule has 0 bridgehead atoms. The Morgan fingerprint density at radius 1 is 1.38 bits per heavy atom. The molecule has 6 heteroatoms. The number of likely N-dealkylation sites (tertiary alicyclic amines) is 1. The van der Waals surface area contributed by atoms with Gasteiger partial charge in [0.1, 0.15) is 0 Å². The fraction of sp³-hybridized carbons (Fsp3) is 0.467. The molecule has 0 saturated carbocycles. The molecule has 2 aromatic rings. The van der Waals surface area contributed by atoms with Crippen LogP contribution in [0.5, 0.6) is 0 Å². The van der Waals surface area contributed by atoms with Gasteiger partial charge in [-0.2, -0.15) is 0 Å². The molecular weight excluding hydrogens is 290 g/mol. The van der Waals surface area contributed by atoms with E-state index >= 15 is 0 Å². The van der Waals surface area contributed by atoms with Crippen molar-refractivity contribution in [3.8, 4) is 11.5 Å². The first-order valence-corrected chi connectivity index (χ1v) is 7.43. The minimum absolute atomic E-state index is 0.430. The molecule has 1 N–H and O–H groups in total. The highest BCUT2D eigenvalue weighted by Gasteiger charge is 2.29. The summed E-state index contributed by atoms with van der Waals surface area (Å²) < 4.78 is 5.69. The standard InChI is InChI=1S/C15H18ClN3O2/c1-15(20)7-4-8-19(10-15)9-13-17-18-14(21-13)11-5-2-3-6-12(11)16/h2-3,5-6,20H,4,7-10H2,1H3. The number of rotatable bonds is 3. The van der Waals surface area contributed by atoms with Crippen LogP contribution in [0.15, 0.2) is 28.7 Å². The van der Waals surface area contributed by atoms with E-state index in [1.54, 1.807) is 6.07 Å². The predicted octanol–water partition coefficient (Wildman–Crippen LogP) is 2.74. The van der Waals surface area contributed by atoms with E-state index in [2.05, 4.69) is 15.1 Å². The molecule has 0 aliphatic carbocycles. The lowest BCUT2D eigenvalue weighted by Gasteiger charge is -2.35. The number of aliphatic hydroxyl groups is 1. The Bertz CT molecular complexity index is 627. The molecule has 0 spiro atoms. The summed E-state index contributed by atoms with van der Waals surface area (Å²) in [7, 11) is 0. The Kier molecular flexibility index (Phi) is 3.97. The lowest BCUT2D eigenvalue weighted by molar-refractivity contribution is -0.0202. The second-order valence-electron chi connectivity index (χ2n) is 5.79. The molecule has 1 fully saturated rings. The topological polar surface area (TPSA) is 62.4 Å². The normalized spacial score (nSPS) is 23.4. The summed E-state index contributed by atoms with van der Waals surface area (Å²) in [6, 6.07) is 7.39. The van der Waals surface area contributed by atoms with Gasteiger partial charge < -0.3 is 9.52 Å². The maximum atomic E-state index is 10.1. The van der Waals surface area contributed by atoms with E-state index in [4.69, 9.17) is 16.0 Å². The zero-order valence-electron chi connectivity index (χ0n) is 11.9. The number of hydrogen-bond acceptors (Lipinski definition) is 5. The van der Waals surface area contributed by atoms with Gasteiger partial charge in [-0.05, 0) is 38.4 Å². The summed E-state index contributed by atoms with van der Waals surface area (Å²) in [6.07, 6.45) is 1.80. The van der Waals surface area contributed by atoms with Crippen LogP contribution in [0.3, 0.4) is 0 Å². The smallest absolute Gasteiger partial charge is 0.249 e. The quantitative estimate of drug-likeness (QED) is 0.944. The minimum atomic E-state index is -0.635. The first kappa shape index (κ1) is 14.5. The summed E-state index contributed by atoms with van der Waals surface area (Å²) in [6.45, 7) is 3.96. The van der Waals surface area contributed by atoms with Crippen LogP contribution in [0, 0.1) is 0 Å². The molecule has 1 unspecified atom stereocenters. The van der Waals surface area contributed by atoms with Crippen molar-refractivity contribution < 1.29 is 9.52 Å². The Balaban J connectivity index is 1.72. The summed E-state index contributed by atoms with van der Waals surface area (Å²) in [5.41, 5.74) is 0.104. The second kappa shape index (κ2) is 5.75. The maximum absolute atomic E-state index is 10.1. The van der Waals surface area contributed by atoms with Crippen molar-refractivity contribution in [1.29, 1.82) is 0 Å². The molecule has 1 atom stereocenters. The number of aromatic nitrogens is 2. The highest BCUT2D eigenvalue weighted by atomic mass is 35.5. The molecular formula is C15H18ClN3O2. The van der Waals surface area contributed by atoms with Crippen LogP contribution in [-0.4, -0.2) is 38.9 Å². The van der Waals surface area contributed by atoms with Crippen LogP contribution in [0.2, 0.25) is 5.02 Å². The third-order valence-electron chi connectivity index (χ3n) is 3.68. The number of hydrogen-bond donors (Lipinski definition) is 1. The third-order valence-corrected chi connectivity index (χ3v) is 4.01. The van der Waals surface area contributed by atoms with Crippen molar-refractivity contribution in [2.45, 2.75) is 31.9 Å². The number of piperidine rings is 1. The van der Waals surface area contributed by atoms with Crippen molar-refractivity contribution in [3.63, 3.8) is 0 Å². The van der Waals surface area contributed by atoms with E-state index in [9.17, 15) is 5.11 Å². The highest BCUT2D eigenvalue weighted by Crippen LogP contribution is 2.27. The zero-order chi connectivity index (χ0) is 14.9. The fourth-order valence-electron chi connectivity index (χ4n) is 2.71. The molecule has 1 saturated heterocycles. The first-order chi connectivity index (χ1) is 10.0. The Morgan fingerprint density at radius 2 is 2.19 bits per heavy atom. The van der Waals surface area contributed by atoms with E-state index in [0.717, 1.165) is 24.9 Å². The second-order valence-corrected chi connectivity index (χ2v) is 6.20. The third kappa shape index (κ3) is 3.43. The molecule has 5 nitrogen and oxygen atoms in total. The molecule has 1 aliphatic heterocycles. The Morgan fingerprint density at radius 3 is 2.95 bits per heavy atom. The lowest BCUT2D eigenvalue weighted by atomic mass is 9.95. The van der Waals surface area contributed by atoms with Crippen molar-refractivity contribution >= 4 is 11.6 Å². The fourth-order valence-corrected chi connectivity index (χ4v) is 2.93. The van der Waals surface area contributed by atoms with Gasteiger partial charge in [0.25, 0.3) is 0 Å². The van der Waals surface area contributed by atoms with Gasteiger partial charge in [0.15, 0.2) is 0 Å². The van der Waals surface area contributed by atoms with Crippen LogP contribution in [0.25, 0.3) is 11.5 Å². The molecule has 0 radical (unpaired) electrons. The largest absolute Gasteiger partial charge is 0.419 e. The molecule has 3 rings (SSSR count). The van der Waals surface area contributed by atoms with Gasteiger partial charge in [-0.1, -0.05) is 23.7 Å². The van der Waals surface area contributed by atoms with Crippen molar-refractivity contribution in [3.05, 3.63) is 35.2 Å². The maximum Gasteiger partial charge on any atom is 0.249 e. The SMILES string of the molecule is CC1(O)CCCN(Cc2nnc(-c3ccccc3Cl)o2)C1. The number of nitrogens with zero attached hydrogens (tertiary/aromatic N) is 3. The average molecular weight is 308 g/mol. The van der Waals surface area contributed by atoms with E-state index < -0.39 is 5.60 Å². The van der Waals surface area contributed by atoms with Gasteiger partial charge in [0.2, 0.25) is 11.8 Å². The molecule has 1 aromatic carbocycles. The summed E-state index contributed by atoms with van der Waals surface area (Å²) in [4.78, 5) is 2.13. The van der Waals surface area contributed by atoms with Gasteiger partial charge in [0, 0.05) is 6.54 Å². The number of β-amino-alcohol motifs (C(OH)–C–C–N with tert-alkyl or cyclic N) is 1. The molecule has 0 amide bonds. The average Bonchev–Trinajstić information content (AvgIpc) is 2.86. The van der Waals surface area contributed by atoms with Crippen LogP contribution in [0.1, 0.15) is 25.7 Å². The van der Waals surface area contributed by atoms with Crippen LogP contribution in [-0.2, 0) is 6.54 Å². The Hall–Kier alpha value is -1.43. The summed E-state index contributed by atoms with van der Waals surface area (Å²) in [5.74, 6) is 0.974. The number of halogens is 1.